The summed E-state index contributed by atoms with van der Waals surface area (Å²) in [6.45, 7) is 0. The zero-order valence-corrected chi connectivity index (χ0v) is 13.9. The Bertz CT molecular complexity index is 730. The Labute approximate surface area is 137 Å². The van der Waals surface area contributed by atoms with Crippen molar-refractivity contribution in [3.8, 4) is 11.5 Å². The number of anilines is 1. The van der Waals surface area contributed by atoms with Crippen molar-refractivity contribution in [3.63, 3.8) is 0 Å². The third kappa shape index (κ3) is 2.57. The van der Waals surface area contributed by atoms with Crippen molar-refractivity contribution < 1.29 is 14.3 Å². The van der Waals surface area contributed by atoms with Crippen molar-refractivity contribution in [2.45, 2.75) is 12.3 Å². The minimum absolute atomic E-state index is 0.0159. The van der Waals surface area contributed by atoms with Crippen LogP contribution in [0.15, 0.2) is 40.9 Å². The molecule has 0 fully saturated rings. The van der Waals surface area contributed by atoms with Crippen LogP contribution in [0.2, 0.25) is 0 Å². The number of nitrogens with one attached hydrogen (secondary N) is 1. The van der Waals surface area contributed by atoms with Gasteiger partial charge < -0.3 is 14.8 Å². The fourth-order valence-electron chi connectivity index (χ4n) is 2.86. The predicted molar refractivity (Wildman–Crippen MR) is 88.8 cm³/mol. The molecule has 1 unspecified atom stereocenters. The highest BCUT2D eigenvalue weighted by molar-refractivity contribution is 9.10. The highest BCUT2D eigenvalue weighted by atomic mass is 79.9. The summed E-state index contributed by atoms with van der Waals surface area (Å²) in [4.78, 5) is 12.3. The monoisotopic (exact) mass is 361 g/mol. The van der Waals surface area contributed by atoms with Gasteiger partial charge in [-0.1, -0.05) is 34.1 Å². The van der Waals surface area contributed by atoms with E-state index in [2.05, 4.69) is 21.2 Å². The molecule has 1 atom stereocenters. The lowest BCUT2D eigenvalue weighted by Gasteiger charge is -2.16. The van der Waals surface area contributed by atoms with E-state index >= 15 is 0 Å². The van der Waals surface area contributed by atoms with E-state index in [1.165, 1.54) is 0 Å². The van der Waals surface area contributed by atoms with Gasteiger partial charge in [0.1, 0.15) is 0 Å². The maximum Gasteiger partial charge on any atom is 0.232 e. The predicted octanol–water partition coefficient (Wildman–Crippen LogP) is 3.74. The zero-order valence-electron chi connectivity index (χ0n) is 12.4. The van der Waals surface area contributed by atoms with Crippen LogP contribution in [0.1, 0.15) is 17.0 Å². The molecule has 1 amide bonds. The van der Waals surface area contributed by atoms with Crippen LogP contribution in [0.4, 0.5) is 5.69 Å². The maximum absolute atomic E-state index is 12.3. The van der Waals surface area contributed by atoms with Crippen LogP contribution in [0.25, 0.3) is 0 Å². The summed E-state index contributed by atoms with van der Waals surface area (Å²) >= 11 is 3.48. The molecule has 1 heterocycles. The molecule has 3 rings (SSSR count). The van der Waals surface area contributed by atoms with Gasteiger partial charge in [0.25, 0.3) is 0 Å². The van der Waals surface area contributed by atoms with Crippen molar-refractivity contribution in [2.75, 3.05) is 19.5 Å². The second-order valence-electron chi connectivity index (χ2n) is 5.13. The Morgan fingerprint density at radius 2 is 1.95 bits per heavy atom. The third-order valence-electron chi connectivity index (χ3n) is 3.86. The molecular weight excluding hydrogens is 346 g/mol. The lowest BCUT2D eigenvalue weighted by atomic mass is 9.92. The van der Waals surface area contributed by atoms with Gasteiger partial charge in [-0.25, -0.2) is 0 Å². The first-order valence-corrected chi connectivity index (χ1v) is 7.73. The minimum Gasteiger partial charge on any atom is -0.493 e. The second kappa shape index (κ2) is 6.01. The van der Waals surface area contributed by atoms with Gasteiger partial charge in [-0.3, -0.25) is 4.79 Å². The largest absolute Gasteiger partial charge is 0.493 e. The van der Waals surface area contributed by atoms with E-state index in [-0.39, 0.29) is 11.8 Å². The number of ether oxygens (including phenoxy) is 2. The molecule has 114 valence electrons. The topological polar surface area (TPSA) is 47.6 Å². The Kier molecular flexibility index (Phi) is 4.07. The van der Waals surface area contributed by atoms with Gasteiger partial charge in [-0.05, 0) is 30.2 Å². The number of fused-ring (bicyclic) bond motifs is 1. The summed E-state index contributed by atoms with van der Waals surface area (Å²) in [6, 6.07) is 11.6. The summed E-state index contributed by atoms with van der Waals surface area (Å²) in [7, 11) is 3.21. The number of carbonyl (C=O) groups is 1. The number of carbonyl (C=O) groups excluding carboxylic acids is 1. The molecule has 1 aliphatic heterocycles. The molecule has 0 bridgehead atoms. The number of methoxy groups -OCH3 is 2. The number of rotatable bonds is 4. The first-order chi connectivity index (χ1) is 10.6. The fraction of sp³-hybridized carbons (Fsp3) is 0.235. The Hall–Kier alpha value is -2.01. The highest BCUT2D eigenvalue weighted by Crippen LogP contribution is 2.40. The van der Waals surface area contributed by atoms with E-state index in [1.807, 2.05) is 36.4 Å². The smallest absolute Gasteiger partial charge is 0.232 e. The number of para-hydroxylation sites is 1. The summed E-state index contributed by atoms with van der Waals surface area (Å²) < 4.78 is 11.7. The molecule has 5 heteroatoms. The molecular formula is C17H16BrNO3. The van der Waals surface area contributed by atoms with Crippen LogP contribution in [-0.4, -0.2) is 20.1 Å². The molecule has 0 aromatic heterocycles. The Balaban J connectivity index is 2.00. The molecule has 0 saturated heterocycles. The van der Waals surface area contributed by atoms with Crippen molar-refractivity contribution >= 4 is 27.5 Å². The lowest BCUT2D eigenvalue weighted by molar-refractivity contribution is -0.117. The molecule has 2 aromatic carbocycles. The molecule has 22 heavy (non-hydrogen) atoms. The maximum atomic E-state index is 12.3. The number of hydrogen-bond acceptors (Lipinski definition) is 3. The molecule has 1 N–H and O–H groups in total. The number of halogens is 1. The van der Waals surface area contributed by atoms with Crippen LogP contribution in [0.3, 0.4) is 0 Å². The number of benzene rings is 2. The van der Waals surface area contributed by atoms with Gasteiger partial charge in [-0.15, -0.1) is 0 Å². The first-order valence-electron chi connectivity index (χ1n) is 6.94. The van der Waals surface area contributed by atoms with Crippen molar-refractivity contribution in [3.05, 3.63) is 52.0 Å². The van der Waals surface area contributed by atoms with Crippen LogP contribution in [-0.2, 0) is 11.2 Å². The minimum atomic E-state index is -0.218. The fourth-order valence-corrected chi connectivity index (χ4v) is 3.34. The molecule has 0 radical (unpaired) electrons. The Morgan fingerprint density at radius 3 is 2.68 bits per heavy atom. The second-order valence-corrected chi connectivity index (χ2v) is 6.05. The van der Waals surface area contributed by atoms with Gasteiger partial charge in [0, 0.05) is 15.7 Å². The first kappa shape index (κ1) is 14.9. The molecule has 1 aliphatic rings. The van der Waals surface area contributed by atoms with Crippen LogP contribution < -0.4 is 14.8 Å². The van der Waals surface area contributed by atoms with Crippen molar-refractivity contribution in [1.82, 2.24) is 0 Å². The number of hydrogen-bond donors (Lipinski definition) is 1. The van der Waals surface area contributed by atoms with E-state index in [4.69, 9.17) is 9.47 Å². The molecule has 0 spiro atoms. The summed E-state index contributed by atoms with van der Waals surface area (Å²) in [6.07, 6.45) is 0.557. The van der Waals surface area contributed by atoms with Gasteiger partial charge in [0.2, 0.25) is 5.91 Å². The normalized spacial score (nSPS) is 16.1. The molecule has 2 aromatic rings. The lowest BCUT2D eigenvalue weighted by Crippen LogP contribution is -2.15. The molecule has 0 aliphatic carbocycles. The van der Waals surface area contributed by atoms with Gasteiger partial charge in [0.05, 0.1) is 20.1 Å². The Morgan fingerprint density at radius 1 is 1.18 bits per heavy atom. The third-order valence-corrected chi connectivity index (χ3v) is 4.31. The van der Waals surface area contributed by atoms with E-state index in [9.17, 15) is 4.79 Å². The number of amides is 1. The summed E-state index contributed by atoms with van der Waals surface area (Å²) in [5, 5.41) is 2.93. The average molecular weight is 362 g/mol. The average Bonchev–Trinajstić information content (AvgIpc) is 2.83. The highest BCUT2D eigenvalue weighted by Gasteiger charge is 2.31. The van der Waals surface area contributed by atoms with Crippen molar-refractivity contribution in [1.29, 1.82) is 0 Å². The molecule has 0 saturated carbocycles. The van der Waals surface area contributed by atoms with E-state index in [0.717, 1.165) is 21.3 Å². The summed E-state index contributed by atoms with van der Waals surface area (Å²) in [5.74, 6) is 1.12. The zero-order chi connectivity index (χ0) is 15.7. The summed E-state index contributed by atoms with van der Waals surface area (Å²) in [5.41, 5.74) is 2.84. The standard InChI is InChI=1S/C17H16BrNO3/c1-21-15-9-11(18)7-10(16(15)22-2)8-13-12-5-3-4-6-14(12)19-17(13)20/h3-7,9,13H,8H2,1-2H3,(H,19,20). The SMILES string of the molecule is COc1cc(Br)cc(CC2C(=O)Nc3ccccc32)c1OC. The van der Waals surface area contributed by atoms with E-state index in [1.54, 1.807) is 14.2 Å². The van der Waals surface area contributed by atoms with E-state index in [0.29, 0.717) is 17.9 Å². The van der Waals surface area contributed by atoms with Crippen LogP contribution in [0, 0.1) is 0 Å². The quantitative estimate of drug-likeness (QED) is 0.901. The van der Waals surface area contributed by atoms with Crippen LogP contribution >= 0.6 is 15.9 Å². The van der Waals surface area contributed by atoms with Crippen molar-refractivity contribution in [2.24, 2.45) is 0 Å². The van der Waals surface area contributed by atoms with E-state index < -0.39 is 0 Å². The van der Waals surface area contributed by atoms with Gasteiger partial charge >= 0.3 is 0 Å². The molecule has 4 nitrogen and oxygen atoms in total. The van der Waals surface area contributed by atoms with Gasteiger partial charge in [-0.2, -0.15) is 0 Å². The van der Waals surface area contributed by atoms with Crippen LogP contribution in [0.5, 0.6) is 11.5 Å². The van der Waals surface area contributed by atoms with Gasteiger partial charge in [0.15, 0.2) is 11.5 Å².